The molecule has 7 nitrogen and oxygen atoms in total. The van der Waals surface area contributed by atoms with E-state index in [0.29, 0.717) is 19.8 Å². The van der Waals surface area contributed by atoms with Crippen LogP contribution in [0.25, 0.3) is 0 Å². The first kappa shape index (κ1) is 16.0. The van der Waals surface area contributed by atoms with Gasteiger partial charge in [0.1, 0.15) is 0 Å². The van der Waals surface area contributed by atoms with E-state index in [1.165, 1.54) is 0 Å². The number of tetrazole rings is 1. The van der Waals surface area contributed by atoms with Gasteiger partial charge in [-0.2, -0.15) is 0 Å². The predicted molar refractivity (Wildman–Crippen MR) is 71.8 cm³/mol. The molecule has 0 aliphatic carbocycles. The number of hydrogen-bond donors (Lipinski definition) is 1. The molecule has 7 heteroatoms. The summed E-state index contributed by atoms with van der Waals surface area (Å²) in [6.45, 7) is 10.8. The molecule has 0 saturated heterocycles. The van der Waals surface area contributed by atoms with Gasteiger partial charge in [-0.15, -0.1) is 5.10 Å². The van der Waals surface area contributed by atoms with Crippen molar-refractivity contribution in [3.8, 4) is 0 Å². The van der Waals surface area contributed by atoms with Crippen LogP contribution in [-0.2, 0) is 16.0 Å². The second-order valence-corrected chi connectivity index (χ2v) is 5.06. The molecule has 1 rings (SSSR count). The van der Waals surface area contributed by atoms with Gasteiger partial charge in [0.2, 0.25) is 0 Å². The van der Waals surface area contributed by atoms with Crippen LogP contribution in [0.4, 0.5) is 0 Å². The lowest BCUT2D eigenvalue weighted by molar-refractivity contribution is -0.0258. The maximum Gasteiger partial charge on any atom is 0.168 e. The third-order valence-corrected chi connectivity index (χ3v) is 2.77. The van der Waals surface area contributed by atoms with Crippen molar-refractivity contribution in [2.75, 3.05) is 26.9 Å². The first-order valence-electron chi connectivity index (χ1n) is 6.62. The Balaban J connectivity index is 2.63. The van der Waals surface area contributed by atoms with Crippen molar-refractivity contribution in [1.29, 1.82) is 0 Å². The minimum absolute atomic E-state index is 0.0718. The van der Waals surface area contributed by atoms with Crippen LogP contribution in [0.3, 0.4) is 0 Å². The number of hydrogen-bond acceptors (Lipinski definition) is 6. The standard InChI is InChI=1S/C12H25N5O2/c1-6-19-12(3,4)9-17-11(14-15-16-17)10(2)13-7-8-18-5/h10,13H,6-9H2,1-5H3. The Morgan fingerprint density at radius 2 is 2.16 bits per heavy atom. The van der Waals surface area contributed by atoms with Crippen LogP contribution in [0.15, 0.2) is 0 Å². The Kier molecular flexibility index (Phi) is 6.33. The third kappa shape index (κ3) is 5.22. The average molecular weight is 271 g/mol. The molecule has 0 spiro atoms. The number of nitrogens with zero attached hydrogens (tertiary/aromatic N) is 4. The second-order valence-electron chi connectivity index (χ2n) is 5.06. The quantitative estimate of drug-likeness (QED) is 0.669. The molecular formula is C12H25N5O2. The maximum atomic E-state index is 5.68. The summed E-state index contributed by atoms with van der Waals surface area (Å²) >= 11 is 0. The van der Waals surface area contributed by atoms with Gasteiger partial charge in [0, 0.05) is 20.3 Å². The highest BCUT2D eigenvalue weighted by Gasteiger charge is 2.23. The van der Waals surface area contributed by atoms with Crippen molar-refractivity contribution >= 4 is 0 Å². The van der Waals surface area contributed by atoms with Crippen LogP contribution in [0, 0.1) is 0 Å². The molecule has 0 amide bonds. The van der Waals surface area contributed by atoms with E-state index in [4.69, 9.17) is 9.47 Å². The van der Waals surface area contributed by atoms with Crippen LogP contribution >= 0.6 is 0 Å². The van der Waals surface area contributed by atoms with Crippen molar-refractivity contribution < 1.29 is 9.47 Å². The topological polar surface area (TPSA) is 74.1 Å². The largest absolute Gasteiger partial charge is 0.383 e. The molecule has 0 aliphatic heterocycles. The maximum absolute atomic E-state index is 5.68. The van der Waals surface area contributed by atoms with E-state index in [9.17, 15) is 0 Å². The van der Waals surface area contributed by atoms with Crippen LogP contribution in [0.2, 0.25) is 0 Å². The van der Waals surface area contributed by atoms with E-state index in [2.05, 4.69) is 20.8 Å². The first-order valence-corrected chi connectivity index (χ1v) is 6.62. The van der Waals surface area contributed by atoms with Gasteiger partial charge in [-0.3, -0.25) is 0 Å². The van der Waals surface area contributed by atoms with E-state index in [-0.39, 0.29) is 11.6 Å². The molecule has 0 aromatic carbocycles. The molecule has 0 bridgehead atoms. The number of rotatable bonds is 9. The van der Waals surface area contributed by atoms with Crippen molar-refractivity contribution in [3.05, 3.63) is 5.82 Å². The van der Waals surface area contributed by atoms with E-state index in [1.807, 2.05) is 27.7 Å². The fourth-order valence-corrected chi connectivity index (χ4v) is 1.90. The van der Waals surface area contributed by atoms with Gasteiger partial charge in [-0.05, 0) is 38.1 Å². The van der Waals surface area contributed by atoms with Gasteiger partial charge in [0.15, 0.2) is 5.82 Å². The lowest BCUT2D eigenvalue weighted by Crippen LogP contribution is -2.33. The molecule has 0 fully saturated rings. The normalized spacial score (nSPS) is 13.7. The monoisotopic (exact) mass is 271 g/mol. The van der Waals surface area contributed by atoms with Gasteiger partial charge in [-0.25, -0.2) is 4.68 Å². The fourth-order valence-electron chi connectivity index (χ4n) is 1.90. The highest BCUT2D eigenvalue weighted by Crippen LogP contribution is 2.15. The molecule has 110 valence electrons. The molecule has 1 atom stereocenters. The third-order valence-electron chi connectivity index (χ3n) is 2.77. The summed E-state index contributed by atoms with van der Waals surface area (Å²) < 4.78 is 12.5. The molecule has 1 N–H and O–H groups in total. The van der Waals surface area contributed by atoms with Crippen LogP contribution in [0.5, 0.6) is 0 Å². The first-order chi connectivity index (χ1) is 9.00. The number of ether oxygens (including phenoxy) is 2. The molecule has 0 saturated carbocycles. The second kappa shape index (κ2) is 7.52. The van der Waals surface area contributed by atoms with Gasteiger partial charge in [0.05, 0.1) is 24.8 Å². The Hall–Kier alpha value is -1.05. The average Bonchev–Trinajstić information content (AvgIpc) is 2.76. The minimum atomic E-state index is -0.287. The Morgan fingerprint density at radius 3 is 2.79 bits per heavy atom. The van der Waals surface area contributed by atoms with Crippen molar-refractivity contribution in [2.45, 2.75) is 45.9 Å². The fraction of sp³-hybridized carbons (Fsp3) is 0.917. The zero-order valence-corrected chi connectivity index (χ0v) is 12.5. The van der Waals surface area contributed by atoms with Crippen LogP contribution in [-0.4, -0.2) is 52.7 Å². The van der Waals surface area contributed by atoms with E-state index in [0.717, 1.165) is 12.4 Å². The SMILES string of the molecule is CCOC(C)(C)Cn1nnnc1C(C)NCCOC. The Morgan fingerprint density at radius 1 is 1.42 bits per heavy atom. The minimum Gasteiger partial charge on any atom is -0.383 e. The summed E-state index contributed by atoms with van der Waals surface area (Å²) in [6, 6.07) is 0.0718. The summed E-state index contributed by atoms with van der Waals surface area (Å²) in [5, 5.41) is 15.2. The van der Waals surface area contributed by atoms with Crippen molar-refractivity contribution in [1.82, 2.24) is 25.5 Å². The molecule has 1 heterocycles. The highest BCUT2D eigenvalue weighted by molar-refractivity contribution is 4.91. The molecule has 0 aliphatic rings. The molecule has 1 aromatic heterocycles. The van der Waals surface area contributed by atoms with Crippen LogP contribution < -0.4 is 5.32 Å². The van der Waals surface area contributed by atoms with Gasteiger partial charge < -0.3 is 14.8 Å². The Bertz CT molecular complexity index is 367. The van der Waals surface area contributed by atoms with Gasteiger partial charge in [-0.1, -0.05) is 0 Å². The summed E-state index contributed by atoms with van der Waals surface area (Å²) in [6.07, 6.45) is 0. The number of aromatic nitrogens is 4. The smallest absolute Gasteiger partial charge is 0.168 e. The summed E-state index contributed by atoms with van der Waals surface area (Å²) in [5.74, 6) is 0.809. The summed E-state index contributed by atoms with van der Waals surface area (Å²) in [4.78, 5) is 0. The molecular weight excluding hydrogens is 246 g/mol. The lowest BCUT2D eigenvalue weighted by atomic mass is 10.1. The summed E-state index contributed by atoms with van der Waals surface area (Å²) in [7, 11) is 1.68. The van der Waals surface area contributed by atoms with Crippen molar-refractivity contribution in [2.24, 2.45) is 0 Å². The molecule has 1 aromatic rings. The van der Waals surface area contributed by atoms with Crippen LogP contribution in [0.1, 0.15) is 39.6 Å². The number of methoxy groups -OCH3 is 1. The van der Waals surface area contributed by atoms with E-state index in [1.54, 1.807) is 11.8 Å². The highest BCUT2D eigenvalue weighted by atomic mass is 16.5. The molecule has 19 heavy (non-hydrogen) atoms. The van der Waals surface area contributed by atoms with Gasteiger partial charge >= 0.3 is 0 Å². The van der Waals surface area contributed by atoms with E-state index >= 15 is 0 Å². The summed E-state index contributed by atoms with van der Waals surface area (Å²) in [5.41, 5.74) is -0.287. The zero-order chi connectivity index (χ0) is 14.3. The molecule has 0 radical (unpaired) electrons. The molecule has 1 unspecified atom stereocenters. The van der Waals surface area contributed by atoms with Gasteiger partial charge in [0.25, 0.3) is 0 Å². The zero-order valence-electron chi connectivity index (χ0n) is 12.5. The van der Waals surface area contributed by atoms with E-state index < -0.39 is 0 Å². The predicted octanol–water partition coefficient (Wildman–Crippen LogP) is 0.785. The lowest BCUT2D eigenvalue weighted by Gasteiger charge is -2.25. The number of nitrogens with one attached hydrogen (secondary N) is 1. The van der Waals surface area contributed by atoms with Crippen molar-refractivity contribution in [3.63, 3.8) is 0 Å². The Labute approximate surface area is 114 Å².